The molecule has 4 N–H and O–H groups in total. The van der Waals surface area contributed by atoms with Crippen LogP contribution < -0.4 is 10.8 Å². The van der Waals surface area contributed by atoms with Crippen molar-refractivity contribution in [2.75, 3.05) is 6.54 Å². The van der Waals surface area contributed by atoms with Gasteiger partial charge in [0, 0.05) is 6.54 Å². The normalized spacial score (nSPS) is 14.5. The summed E-state index contributed by atoms with van der Waals surface area (Å²) in [5, 5.41) is 21.0. The van der Waals surface area contributed by atoms with Gasteiger partial charge in [-0.15, -0.1) is 0 Å². The molecular weight excluding hydrogens is 320 g/mol. The molecule has 24 heavy (non-hydrogen) atoms. The minimum absolute atomic E-state index is 0.0639. The summed E-state index contributed by atoms with van der Waals surface area (Å²) in [7, 11) is 0. The number of carbonyl (C=O) groups is 3. The lowest BCUT2D eigenvalue weighted by molar-refractivity contribution is -0.178. The van der Waals surface area contributed by atoms with E-state index < -0.39 is 34.8 Å². The van der Waals surface area contributed by atoms with Crippen LogP contribution in [0.1, 0.15) is 54.4 Å². The first-order valence-electron chi connectivity index (χ1n) is 7.58. The highest BCUT2D eigenvalue weighted by Gasteiger charge is 2.48. The number of carbonyl (C=O) groups excluding carboxylic acids is 2. The molecule has 0 heterocycles. The van der Waals surface area contributed by atoms with Crippen molar-refractivity contribution in [3.05, 3.63) is 0 Å². The zero-order chi connectivity index (χ0) is 19.2. The second-order valence-electron chi connectivity index (χ2n) is 7.36. The van der Waals surface area contributed by atoms with Gasteiger partial charge in [-0.05, 0) is 54.4 Å². The molecule has 0 rings (SSSR count). The van der Waals surface area contributed by atoms with Crippen LogP contribution in [-0.4, -0.2) is 51.6 Å². The summed E-state index contributed by atoms with van der Waals surface area (Å²) in [6, 6.07) is 0. The van der Waals surface area contributed by atoms with E-state index in [0.29, 0.717) is 0 Å². The first kappa shape index (κ1) is 22.1. The van der Waals surface area contributed by atoms with Crippen LogP contribution in [0.4, 0.5) is 4.79 Å². The SMILES string of the molecule is CC(C)(C)OC(=O)NCCC[C@](NO)(C(=O)O)C(=O)OC(C)(C)C. The number of ether oxygens (including phenoxy) is 2. The van der Waals surface area contributed by atoms with Gasteiger partial charge in [0.05, 0.1) is 0 Å². The Labute approximate surface area is 141 Å². The van der Waals surface area contributed by atoms with Crippen LogP contribution in [0.3, 0.4) is 0 Å². The second-order valence-corrected chi connectivity index (χ2v) is 7.36. The molecule has 0 unspecified atom stereocenters. The van der Waals surface area contributed by atoms with E-state index in [9.17, 15) is 24.7 Å². The fourth-order valence-electron chi connectivity index (χ4n) is 1.67. The number of amides is 1. The van der Waals surface area contributed by atoms with E-state index in [1.165, 1.54) is 0 Å². The Morgan fingerprint density at radius 1 is 0.958 bits per heavy atom. The number of hydroxylamine groups is 1. The molecule has 0 aromatic carbocycles. The van der Waals surface area contributed by atoms with Gasteiger partial charge in [0.1, 0.15) is 11.2 Å². The summed E-state index contributed by atoms with van der Waals surface area (Å²) >= 11 is 0. The summed E-state index contributed by atoms with van der Waals surface area (Å²) in [5.74, 6) is -2.68. The lowest BCUT2D eigenvalue weighted by Crippen LogP contribution is -2.59. The van der Waals surface area contributed by atoms with Crippen molar-refractivity contribution < 1.29 is 34.2 Å². The van der Waals surface area contributed by atoms with E-state index in [4.69, 9.17) is 9.47 Å². The van der Waals surface area contributed by atoms with Crippen LogP contribution in [0.5, 0.6) is 0 Å². The van der Waals surface area contributed by atoms with Crippen LogP contribution in [-0.2, 0) is 19.1 Å². The third-order valence-corrected chi connectivity index (χ3v) is 2.70. The van der Waals surface area contributed by atoms with Gasteiger partial charge in [0.15, 0.2) is 0 Å². The summed E-state index contributed by atoms with van der Waals surface area (Å²) < 4.78 is 10.1. The van der Waals surface area contributed by atoms with Gasteiger partial charge >= 0.3 is 18.0 Å². The van der Waals surface area contributed by atoms with Crippen molar-refractivity contribution in [2.45, 2.75) is 71.1 Å². The highest BCUT2D eigenvalue weighted by atomic mass is 16.6. The molecule has 9 heteroatoms. The molecule has 140 valence electrons. The molecule has 0 radical (unpaired) electrons. The van der Waals surface area contributed by atoms with Gasteiger partial charge in [-0.1, -0.05) is 0 Å². The van der Waals surface area contributed by atoms with Crippen LogP contribution in [0.15, 0.2) is 0 Å². The molecule has 9 nitrogen and oxygen atoms in total. The number of nitrogens with one attached hydrogen (secondary N) is 2. The van der Waals surface area contributed by atoms with Gasteiger partial charge in [-0.3, -0.25) is 0 Å². The van der Waals surface area contributed by atoms with Crippen molar-refractivity contribution >= 4 is 18.0 Å². The molecule has 0 saturated heterocycles. The first-order valence-corrected chi connectivity index (χ1v) is 7.58. The number of carboxylic acid groups (broad SMARTS) is 1. The molecule has 0 saturated carbocycles. The topological polar surface area (TPSA) is 134 Å². The number of carboxylic acids is 1. The van der Waals surface area contributed by atoms with Gasteiger partial charge in [-0.25, -0.2) is 14.4 Å². The Bertz CT molecular complexity index is 465. The van der Waals surface area contributed by atoms with Crippen molar-refractivity contribution in [1.82, 2.24) is 10.8 Å². The van der Waals surface area contributed by atoms with E-state index in [1.54, 1.807) is 47.0 Å². The van der Waals surface area contributed by atoms with Crippen LogP contribution in [0.2, 0.25) is 0 Å². The molecule has 1 amide bonds. The Hall–Kier alpha value is -1.87. The largest absolute Gasteiger partial charge is 0.479 e. The molecule has 1 atom stereocenters. The van der Waals surface area contributed by atoms with E-state index in [2.05, 4.69) is 5.32 Å². The van der Waals surface area contributed by atoms with Crippen molar-refractivity contribution in [1.29, 1.82) is 0 Å². The van der Waals surface area contributed by atoms with Gasteiger partial charge < -0.3 is 25.1 Å². The number of rotatable bonds is 7. The summed E-state index contributed by atoms with van der Waals surface area (Å²) in [4.78, 5) is 35.1. The highest BCUT2D eigenvalue weighted by Crippen LogP contribution is 2.20. The standard InChI is InChI=1S/C15H28N2O7/c1-13(2,3)23-11(20)15(17-22,10(18)19)8-7-9-16-12(21)24-14(4,5)6/h17,22H,7-9H2,1-6H3,(H,16,21)(H,18,19)/t15-/m0/s1. The van der Waals surface area contributed by atoms with Crippen molar-refractivity contribution in [3.63, 3.8) is 0 Å². The second kappa shape index (κ2) is 8.29. The maximum Gasteiger partial charge on any atom is 0.407 e. The van der Waals surface area contributed by atoms with Gasteiger partial charge in [0.2, 0.25) is 5.54 Å². The summed E-state index contributed by atoms with van der Waals surface area (Å²) in [6.07, 6.45) is -0.848. The lowest BCUT2D eigenvalue weighted by Gasteiger charge is -2.30. The average Bonchev–Trinajstić information content (AvgIpc) is 2.34. The number of hydrogen-bond donors (Lipinski definition) is 4. The van der Waals surface area contributed by atoms with E-state index in [1.807, 2.05) is 0 Å². The third kappa shape index (κ3) is 7.60. The van der Waals surface area contributed by atoms with Crippen LogP contribution >= 0.6 is 0 Å². The average molecular weight is 348 g/mol. The predicted octanol–water partition coefficient (Wildman–Crippen LogP) is 1.44. The van der Waals surface area contributed by atoms with Crippen molar-refractivity contribution in [3.8, 4) is 0 Å². The van der Waals surface area contributed by atoms with Crippen LogP contribution in [0, 0.1) is 0 Å². The lowest BCUT2D eigenvalue weighted by atomic mass is 9.94. The fourth-order valence-corrected chi connectivity index (χ4v) is 1.67. The quantitative estimate of drug-likeness (QED) is 0.235. The van der Waals surface area contributed by atoms with E-state index in [0.717, 1.165) is 0 Å². The smallest absolute Gasteiger partial charge is 0.407 e. The highest BCUT2D eigenvalue weighted by molar-refractivity contribution is 6.04. The van der Waals surface area contributed by atoms with Crippen molar-refractivity contribution in [2.24, 2.45) is 0 Å². The minimum atomic E-state index is -2.30. The molecule has 0 aromatic heterocycles. The van der Waals surface area contributed by atoms with E-state index in [-0.39, 0.29) is 19.4 Å². The molecule has 0 bridgehead atoms. The van der Waals surface area contributed by atoms with Gasteiger partial charge in [-0.2, -0.15) is 5.48 Å². The maximum atomic E-state index is 12.1. The molecular formula is C15H28N2O7. The zero-order valence-corrected chi connectivity index (χ0v) is 15.1. The number of hydrogen-bond acceptors (Lipinski definition) is 7. The summed E-state index contributed by atoms with van der Waals surface area (Å²) in [5.41, 5.74) is -2.32. The Morgan fingerprint density at radius 3 is 1.83 bits per heavy atom. The molecule has 0 aromatic rings. The fraction of sp³-hybridized carbons (Fsp3) is 0.800. The molecule has 0 spiro atoms. The molecule has 0 fully saturated rings. The Kier molecular flexibility index (Phi) is 7.65. The minimum Gasteiger partial charge on any atom is -0.479 e. The zero-order valence-electron chi connectivity index (χ0n) is 15.1. The van der Waals surface area contributed by atoms with Gasteiger partial charge in [0.25, 0.3) is 0 Å². The number of esters is 1. The molecule has 0 aliphatic rings. The maximum absolute atomic E-state index is 12.1. The van der Waals surface area contributed by atoms with E-state index >= 15 is 0 Å². The summed E-state index contributed by atoms with van der Waals surface area (Å²) in [6.45, 7) is 9.94. The molecule has 0 aliphatic carbocycles. The Morgan fingerprint density at radius 2 is 1.46 bits per heavy atom. The van der Waals surface area contributed by atoms with Crippen LogP contribution in [0.25, 0.3) is 0 Å². The number of aliphatic carboxylic acids is 1. The number of alkyl carbamates (subject to hydrolysis) is 1. The first-order chi connectivity index (χ1) is 10.7. The predicted molar refractivity (Wildman–Crippen MR) is 84.6 cm³/mol. The third-order valence-electron chi connectivity index (χ3n) is 2.70. The molecule has 0 aliphatic heterocycles. The Balaban J connectivity index is 4.74. The monoisotopic (exact) mass is 348 g/mol.